The van der Waals surface area contributed by atoms with Crippen LogP contribution in [0.1, 0.15) is 25.7 Å². The lowest BCUT2D eigenvalue weighted by Gasteiger charge is -2.15. The van der Waals surface area contributed by atoms with E-state index in [-0.39, 0.29) is 12.4 Å². The van der Waals surface area contributed by atoms with Crippen molar-refractivity contribution in [1.29, 1.82) is 0 Å². The van der Waals surface area contributed by atoms with Crippen molar-refractivity contribution >= 4 is 0 Å². The Morgan fingerprint density at radius 2 is 2.05 bits per heavy atom. The number of hydrogen-bond donors (Lipinski definition) is 2. The predicted octanol–water partition coefficient (Wildman–Crippen LogP) is 2.11. The molecule has 4 nitrogen and oxygen atoms in total. The third-order valence-electron chi connectivity index (χ3n) is 3.58. The van der Waals surface area contributed by atoms with Gasteiger partial charge in [0.05, 0.1) is 12.7 Å². The lowest BCUT2D eigenvalue weighted by Crippen LogP contribution is -2.33. The highest BCUT2D eigenvalue weighted by atomic mass is 19.1. The van der Waals surface area contributed by atoms with Gasteiger partial charge in [-0.2, -0.15) is 0 Å². The van der Waals surface area contributed by atoms with Gasteiger partial charge in [-0.1, -0.05) is 25.0 Å². The summed E-state index contributed by atoms with van der Waals surface area (Å²) in [6.07, 6.45) is 4.62. The predicted molar refractivity (Wildman–Crippen MR) is 79.0 cm³/mol. The van der Waals surface area contributed by atoms with Crippen molar-refractivity contribution in [2.45, 2.75) is 37.9 Å². The summed E-state index contributed by atoms with van der Waals surface area (Å²) in [4.78, 5) is 0. The Hall–Kier alpha value is -1.17. The van der Waals surface area contributed by atoms with E-state index >= 15 is 0 Å². The molecule has 0 amide bonds. The lowest BCUT2D eigenvalue weighted by atomic mass is 10.3. The first-order valence-electron chi connectivity index (χ1n) is 7.63. The Kier molecular flexibility index (Phi) is 6.92. The van der Waals surface area contributed by atoms with Crippen molar-refractivity contribution < 1.29 is 19.0 Å². The maximum Gasteiger partial charge on any atom is 0.165 e. The van der Waals surface area contributed by atoms with E-state index in [1.807, 2.05) is 0 Å². The molecule has 0 saturated heterocycles. The van der Waals surface area contributed by atoms with Gasteiger partial charge in [0.1, 0.15) is 12.7 Å². The molecule has 0 radical (unpaired) electrons. The molecule has 1 aromatic rings. The van der Waals surface area contributed by atoms with Crippen LogP contribution in [0, 0.1) is 5.82 Å². The molecule has 1 unspecified atom stereocenters. The minimum Gasteiger partial charge on any atom is -0.488 e. The van der Waals surface area contributed by atoms with E-state index in [1.54, 1.807) is 18.2 Å². The normalized spacial score (nSPS) is 17.0. The number of nitrogens with one attached hydrogen (secondary N) is 1. The van der Waals surface area contributed by atoms with Crippen molar-refractivity contribution in [2.24, 2.45) is 0 Å². The molecule has 118 valence electrons. The largest absolute Gasteiger partial charge is 0.488 e. The van der Waals surface area contributed by atoms with Crippen LogP contribution >= 0.6 is 0 Å². The Balaban J connectivity index is 1.51. The lowest BCUT2D eigenvalue weighted by molar-refractivity contribution is 0.0561. The van der Waals surface area contributed by atoms with E-state index in [2.05, 4.69) is 5.32 Å². The first kappa shape index (κ1) is 16.2. The summed E-state index contributed by atoms with van der Waals surface area (Å²) in [5.41, 5.74) is 0. The first-order chi connectivity index (χ1) is 10.3. The highest BCUT2D eigenvalue weighted by Crippen LogP contribution is 2.20. The molecule has 2 N–H and O–H groups in total. The zero-order valence-electron chi connectivity index (χ0n) is 12.3. The molecule has 1 fully saturated rings. The Labute approximate surface area is 125 Å². The summed E-state index contributed by atoms with van der Waals surface area (Å²) in [5.74, 6) is -0.247. The second-order valence-electron chi connectivity index (χ2n) is 5.38. The fourth-order valence-electron chi connectivity index (χ4n) is 2.43. The van der Waals surface area contributed by atoms with Crippen molar-refractivity contribution in [3.63, 3.8) is 0 Å². The quantitative estimate of drug-likeness (QED) is 0.686. The van der Waals surface area contributed by atoms with Gasteiger partial charge in [0.15, 0.2) is 11.6 Å². The van der Waals surface area contributed by atoms with E-state index in [4.69, 9.17) is 9.47 Å². The number of benzene rings is 1. The van der Waals surface area contributed by atoms with Gasteiger partial charge in [-0.3, -0.25) is 0 Å². The smallest absolute Gasteiger partial charge is 0.165 e. The van der Waals surface area contributed by atoms with E-state index in [9.17, 15) is 9.50 Å². The third kappa shape index (κ3) is 5.99. The minimum atomic E-state index is -0.670. The molecule has 0 spiro atoms. The van der Waals surface area contributed by atoms with Crippen molar-refractivity contribution in [3.05, 3.63) is 30.1 Å². The summed E-state index contributed by atoms with van der Waals surface area (Å²) in [6.45, 7) is 1.83. The Bertz CT molecular complexity index is 410. The molecule has 2 rings (SSSR count). The second kappa shape index (κ2) is 8.97. The average Bonchev–Trinajstić information content (AvgIpc) is 2.99. The zero-order chi connectivity index (χ0) is 14.9. The van der Waals surface area contributed by atoms with Crippen molar-refractivity contribution in [3.8, 4) is 5.75 Å². The Morgan fingerprint density at radius 3 is 2.81 bits per heavy atom. The molecule has 1 atom stereocenters. The van der Waals surface area contributed by atoms with Crippen LogP contribution in [0.4, 0.5) is 4.39 Å². The molecule has 0 aromatic heterocycles. The summed E-state index contributed by atoms with van der Waals surface area (Å²) in [5, 5.41) is 12.9. The number of aliphatic hydroxyl groups excluding tert-OH is 1. The van der Waals surface area contributed by atoms with Gasteiger partial charge < -0.3 is 19.9 Å². The van der Waals surface area contributed by atoms with Gasteiger partial charge in [-0.15, -0.1) is 0 Å². The van der Waals surface area contributed by atoms with Crippen LogP contribution in [0.25, 0.3) is 0 Å². The van der Waals surface area contributed by atoms with E-state index < -0.39 is 11.9 Å². The number of aliphatic hydroxyl groups is 1. The monoisotopic (exact) mass is 297 g/mol. The van der Waals surface area contributed by atoms with Crippen molar-refractivity contribution in [1.82, 2.24) is 5.32 Å². The molecule has 0 heterocycles. The molecule has 1 aliphatic carbocycles. The van der Waals surface area contributed by atoms with Crippen LogP contribution in [-0.2, 0) is 4.74 Å². The molecule has 5 heteroatoms. The van der Waals surface area contributed by atoms with Crippen LogP contribution in [0.15, 0.2) is 24.3 Å². The summed E-state index contributed by atoms with van der Waals surface area (Å²) < 4.78 is 24.2. The highest BCUT2D eigenvalue weighted by Gasteiger charge is 2.14. The van der Waals surface area contributed by atoms with Crippen LogP contribution < -0.4 is 10.1 Å². The molecule has 0 bridgehead atoms. The van der Waals surface area contributed by atoms with Gasteiger partial charge in [0, 0.05) is 13.1 Å². The van der Waals surface area contributed by atoms with Crippen molar-refractivity contribution in [2.75, 3.05) is 26.3 Å². The summed E-state index contributed by atoms with van der Waals surface area (Å²) in [7, 11) is 0. The summed E-state index contributed by atoms with van der Waals surface area (Å²) >= 11 is 0. The molecule has 1 aliphatic rings. The number of hydrogen-bond acceptors (Lipinski definition) is 4. The van der Waals surface area contributed by atoms with Crippen LogP contribution in [0.2, 0.25) is 0 Å². The molecule has 1 saturated carbocycles. The maximum absolute atomic E-state index is 13.3. The zero-order valence-corrected chi connectivity index (χ0v) is 12.3. The maximum atomic E-state index is 13.3. The van der Waals surface area contributed by atoms with E-state index in [1.165, 1.54) is 31.7 Å². The first-order valence-corrected chi connectivity index (χ1v) is 7.63. The van der Waals surface area contributed by atoms with Gasteiger partial charge in [-0.25, -0.2) is 4.39 Å². The Morgan fingerprint density at radius 1 is 1.29 bits per heavy atom. The molecular formula is C16H24FNO3. The SMILES string of the molecule is OC(CNCCOC1CCCC1)COc1ccccc1F. The molecule has 0 aliphatic heterocycles. The number of rotatable bonds is 9. The fourth-order valence-corrected chi connectivity index (χ4v) is 2.43. The number of halogens is 1. The van der Waals surface area contributed by atoms with Crippen LogP contribution in [0.3, 0.4) is 0 Å². The van der Waals surface area contributed by atoms with E-state index in [0.717, 1.165) is 0 Å². The second-order valence-corrected chi connectivity index (χ2v) is 5.38. The minimum absolute atomic E-state index is 0.0669. The number of ether oxygens (including phenoxy) is 2. The third-order valence-corrected chi connectivity index (χ3v) is 3.58. The van der Waals surface area contributed by atoms with Gasteiger partial charge in [0.2, 0.25) is 0 Å². The van der Waals surface area contributed by atoms with Gasteiger partial charge in [-0.05, 0) is 25.0 Å². The van der Waals surface area contributed by atoms with Gasteiger partial charge >= 0.3 is 0 Å². The molecule has 1 aromatic carbocycles. The average molecular weight is 297 g/mol. The molecular weight excluding hydrogens is 273 g/mol. The standard InChI is InChI=1S/C16H24FNO3/c17-15-7-3-4-8-16(15)21-12-13(19)11-18-9-10-20-14-5-1-2-6-14/h3-4,7-8,13-14,18-19H,1-2,5-6,9-12H2. The highest BCUT2D eigenvalue weighted by molar-refractivity contribution is 5.23. The summed E-state index contributed by atoms with van der Waals surface area (Å²) in [6, 6.07) is 6.18. The van der Waals surface area contributed by atoms with Gasteiger partial charge in [0.25, 0.3) is 0 Å². The fraction of sp³-hybridized carbons (Fsp3) is 0.625. The molecule has 21 heavy (non-hydrogen) atoms. The topological polar surface area (TPSA) is 50.7 Å². The van der Waals surface area contributed by atoms with Crippen LogP contribution in [-0.4, -0.2) is 43.6 Å². The van der Waals surface area contributed by atoms with Crippen LogP contribution in [0.5, 0.6) is 5.75 Å². The number of para-hydroxylation sites is 1. The van der Waals surface area contributed by atoms with E-state index in [0.29, 0.717) is 25.8 Å².